The molecule has 0 unspecified atom stereocenters. The van der Waals surface area contributed by atoms with Gasteiger partial charge in [-0.05, 0) is 49.1 Å². The van der Waals surface area contributed by atoms with Crippen molar-refractivity contribution in [1.82, 2.24) is 9.88 Å². The molecule has 1 aromatic carbocycles. The van der Waals surface area contributed by atoms with Crippen LogP contribution < -0.4 is 10.6 Å². The summed E-state index contributed by atoms with van der Waals surface area (Å²) in [5.74, 6) is 0.540. The number of hydrogen-bond donors (Lipinski definition) is 2. The number of aromatic nitrogens is 1. The minimum absolute atomic E-state index is 0.0208. The number of carbonyl (C=O) groups excluding carboxylic acids is 2. The molecule has 6 nitrogen and oxygen atoms in total. The summed E-state index contributed by atoms with van der Waals surface area (Å²) in [5.41, 5.74) is 2.78. The Balaban J connectivity index is 1.71. The van der Waals surface area contributed by atoms with Gasteiger partial charge in [0, 0.05) is 43.3 Å². The lowest BCUT2D eigenvalue weighted by molar-refractivity contribution is -0.114. The van der Waals surface area contributed by atoms with Crippen molar-refractivity contribution in [2.45, 2.75) is 26.7 Å². The van der Waals surface area contributed by atoms with Crippen molar-refractivity contribution in [2.24, 2.45) is 5.92 Å². The summed E-state index contributed by atoms with van der Waals surface area (Å²) in [7, 11) is 0. The van der Waals surface area contributed by atoms with E-state index in [0.717, 1.165) is 43.0 Å². The van der Waals surface area contributed by atoms with Crippen LogP contribution in [0.2, 0.25) is 0 Å². The summed E-state index contributed by atoms with van der Waals surface area (Å²) in [6.07, 6.45) is 3.72. The van der Waals surface area contributed by atoms with Gasteiger partial charge in [-0.3, -0.25) is 14.6 Å². The van der Waals surface area contributed by atoms with Gasteiger partial charge in [0.2, 0.25) is 5.91 Å². The second-order valence-electron chi connectivity index (χ2n) is 6.79. The maximum atomic E-state index is 12.7. The van der Waals surface area contributed by atoms with Crippen LogP contribution in [0.1, 0.15) is 37.2 Å². The number of carbonyl (C=O) groups is 2. The van der Waals surface area contributed by atoms with Crippen molar-refractivity contribution in [3.05, 3.63) is 48.3 Å². The lowest BCUT2D eigenvalue weighted by Crippen LogP contribution is -2.38. The second kappa shape index (κ2) is 7.99. The molecular weight excluding hydrogens is 328 g/mol. The molecule has 2 aromatic rings. The Morgan fingerprint density at radius 2 is 1.77 bits per heavy atom. The third-order valence-electron chi connectivity index (χ3n) is 4.52. The highest BCUT2D eigenvalue weighted by Crippen LogP contribution is 2.22. The van der Waals surface area contributed by atoms with E-state index < -0.39 is 0 Å². The third-order valence-corrected chi connectivity index (χ3v) is 4.52. The molecule has 1 aliphatic heterocycles. The van der Waals surface area contributed by atoms with Crippen LogP contribution in [0, 0.1) is 5.92 Å². The fraction of sp³-hybridized carbons (Fsp3) is 0.350. The molecule has 1 aliphatic rings. The lowest BCUT2D eigenvalue weighted by Gasteiger charge is -2.30. The Labute approximate surface area is 153 Å². The zero-order valence-corrected chi connectivity index (χ0v) is 15.2. The molecule has 0 aliphatic carbocycles. The molecule has 6 heteroatoms. The van der Waals surface area contributed by atoms with E-state index in [2.05, 4.69) is 22.5 Å². The zero-order valence-electron chi connectivity index (χ0n) is 15.2. The van der Waals surface area contributed by atoms with Crippen molar-refractivity contribution in [2.75, 3.05) is 23.7 Å². The molecule has 26 heavy (non-hydrogen) atoms. The van der Waals surface area contributed by atoms with Gasteiger partial charge in [-0.2, -0.15) is 0 Å². The highest BCUT2D eigenvalue weighted by molar-refractivity contribution is 5.93. The molecule has 136 valence electrons. The van der Waals surface area contributed by atoms with Crippen LogP contribution in [0.5, 0.6) is 0 Å². The second-order valence-corrected chi connectivity index (χ2v) is 6.79. The number of rotatable bonds is 4. The third kappa shape index (κ3) is 4.59. The number of anilines is 3. The number of likely N-dealkylation sites (tertiary alicyclic amines) is 1. The quantitative estimate of drug-likeness (QED) is 0.881. The van der Waals surface area contributed by atoms with E-state index in [1.807, 2.05) is 35.2 Å². The van der Waals surface area contributed by atoms with E-state index in [4.69, 9.17) is 0 Å². The SMILES string of the molecule is CC(=O)Nc1cccc(Nc2ccnc(C(=O)N3CCC(C)CC3)c2)c1. The van der Waals surface area contributed by atoms with Gasteiger partial charge in [-0.25, -0.2) is 0 Å². The van der Waals surface area contributed by atoms with Gasteiger partial charge in [-0.1, -0.05) is 13.0 Å². The fourth-order valence-corrected chi connectivity index (χ4v) is 3.04. The van der Waals surface area contributed by atoms with Crippen LogP contribution in [0.25, 0.3) is 0 Å². The number of nitrogens with zero attached hydrogens (tertiary/aromatic N) is 2. The number of hydrogen-bond acceptors (Lipinski definition) is 4. The summed E-state index contributed by atoms with van der Waals surface area (Å²) >= 11 is 0. The molecule has 0 spiro atoms. The fourth-order valence-electron chi connectivity index (χ4n) is 3.04. The maximum Gasteiger partial charge on any atom is 0.272 e. The summed E-state index contributed by atoms with van der Waals surface area (Å²) < 4.78 is 0. The summed E-state index contributed by atoms with van der Waals surface area (Å²) in [4.78, 5) is 30.0. The predicted octanol–water partition coefficient (Wildman–Crippen LogP) is 3.66. The number of amides is 2. The van der Waals surface area contributed by atoms with Crippen LogP contribution in [-0.2, 0) is 4.79 Å². The average Bonchev–Trinajstić information content (AvgIpc) is 2.62. The first-order valence-electron chi connectivity index (χ1n) is 8.91. The minimum Gasteiger partial charge on any atom is -0.355 e. The normalized spacial score (nSPS) is 14.8. The lowest BCUT2D eigenvalue weighted by atomic mass is 9.99. The molecule has 3 rings (SSSR count). The van der Waals surface area contributed by atoms with Crippen molar-refractivity contribution in [3.8, 4) is 0 Å². The van der Waals surface area contributed by atoms with Crippen molar-refractivity contribution in [3.63, 3.8) is 0 Å². The minimum atomic E-state index is -0.116. The Bertz CT molecular complexity index is 798. The number of benzene rings is 1. The molecule has 2 N–H and O–H groups in total. The molecule has 1 fully saturated rings. The monoisotopic (exact) mass is 352 g/mol. The Morgan fingerprint density at radius 1 is 1.08 bits per heavy atom. The topological polar surface area (TPSA) is 74.3 Å². The van der Waals surface area contributed by atoms with Crippen molar-refractivity contribution < 1.29 is 9.59 Å². The molecule has 0 atom stereocenters. The first kappa shape index (κ1) is 17.9. The largest absolute Gasteiger partial charge is 0.355 e. The predicted molar refractivity (Wildman–Crippen MR) is 103 cm³/mol. The van der Waals surface area contributed by atoms with Gasteiger partial charge in [-0.15, -0.1) is 0 Å². The van der Waals surface area contributed by atoms with E-state index in [9.17, 15) is 9.59 Å². The van der Waals surface area contributed by atoms with E-state index in [-0.39, 0.29) is 11.8 Å². The van der Waals surface area contributed by atoms with Gasteiger partial charge < -0.3 is 15.5 Å². The number of pyridine rings is 1. The Kier molecular flexibility index (Phi) is 5.51. The first-order chi connectivity index (χ1) is 12.5. The molecule has 0 saturated carbocycles. The van der Waals surface area contributed by atoms with E-state index in [1.54, 1.807) is 12.3 Å². The molecule has 2 amide bonds. The highest BCUT2D eigenvalue weighted by Gasteiger charge is 2.22. The van der Waals surface area contributed by atoms with Crippen LogP contribution in [0.3, 0.4) is 0 Å². The average molecular weight is 352 g/mol. The summed E-state index contributed by atoms with van der Waals surface area (Å²) in [6.45, 7) is 5.28. The highest BCUT2D eigenvalue weighted by atomic mass is 16.2. The standard InChI is InChI=1S/C20H24N4O2/c1-14-7-10-24(11-8-14)20(26)19-13-18(6-9-21-19)23-17-5-3-4-16(12-17)22-15(2)25/h3-6,9,12-14H,7-8,10-11H2,1-2H3,(H,21,23)(H,22,25). The number of piperidine rings is 1. The van der Waals surface area contributed by atoms with Gasteiger partial charge in [0.1, 0.15) is 5.69 Å². The molecule has 0 radical (unpaired) electrons. The van der Waals surface area contributed by atoms with Crippen molar-refractivity contribution in [1.29, 1.82) is 0 Å². The molecule has 1 saturated heterocycles. The molecule has 2 heterocycles. The first-order valence-corrected chi connectivity index (χ1v) is 8.91. The smallest absolute Gasteiger partial charge is 0.272 e. The van der Waals surface area contributed by atoms with Gasteiger partial charge in [0.15, 0.2) is 0 Å². The van der Waals surface area contributed by atoms with E-state index in [1.165, 1.54) is 6.92 Å². The van der Waals surface area contributed by atoms with Crippen molar-refractivity contribution >= 4 is 28.9 Å². The Hall–Kier alpha value is -2.89. The summed E-state index contributed by atoms with van der Waals surface area (Å²) in [6, 6.07) is 11.0. The maximum absolute atomic E-state index is 12.7. The molecule has 0 bridgehead atoms. The van der Waals surface area contributed by atoms with E-state index >= 15 is 0 Å². The van der Waals surface area contributed by atoms with Crippen LogP contribution in [0.15, 0.2) is 42.6 Å². The zero-order chi connectivity index (χ0) is 18.5. The van der Waals surface area contributed by atoms with Gasteiger partial charge in [0.25, 0.3) is 5.91 Å². The molecular formula is C20H24N4O2. The van der Waals surface area contributed by atoms with Gasteiger partial charge in [0.05, 0.1) is 0 Å². The van der Waals surface area contributed by atoms with Gasteiger partial charge >= 0.3 is 0 Å². The summed E-state index contributed by atoms with van der Waals surface area (Å²) in [5, 5.41) is 6.02. The Morgan fingerprint density at radius 3 is 2.50 bits per heavy atom. The van der Waals surface area contributed by atoms with Crippen LogP contribution in [-0.4, -0.2) is 34.8 Å². The van der Waals surface area contributed by atoms with Crippen LogP contribution >= 0.6 is 0 Å². The van der Waals surface area contributed by atoms with E-state index in [0.29, 0.717) is 11.6 Å². The molecule has 1 aromatic heterocycles. The number of nitrogens with one attached hydrogen (secondary N) is 2. The van der Waals surface area contributed by atoms with Crippen LogP contribution in [0.4, 0.5) is 17.1 Å².